The van der Waals surface area contributed by atoms with Gasteiger partial charge in [0.05, 0.1) is 30.9 Å². The third-order valence-corrected chi connectivity index (χ3v) is 7.42. The van der Waals surface area contributed by atoms with Crippen LogP contribution in [0.15, 0.2) is 60.2 Å². The van der Waals surface area contributed by atoms with Crippen LogP contribution in [0.3, 0.4) is 0 Å². The van der Waals surface area contributed by atoms with Gasteiger partial charge >= 0.3 is 0 Å². The Morgan fingerprint density at radius 3 is 2.67 bits per heavy atom. The molecule has 0 saturated carbocycles. The molecule has 196 valence electrons. The fourth-order valence-corrected chi connectivity index (χ4v) is 5.45. The molecule has 3 aliphatic rings. The van der Waals surface area contributed by atoms with Crippen LogP contribution >= 0.6 is 0 Å². The summed E-state index contributed by atoms with van der Waals surface area (Å²) in [6.07, 6.45) is 11.3. The largest absolute Gasteiger partial charge is 0.481 e. The fraction of sp³-hybridized carbons (Fsp3) is 0.286. The summed E-state index contributed by atoms with van der Waals surface area (Å²) >= 11 is 0. The summed E-state index contributed by atoms with van der Waals surface area (Å²) < 4.78 is 6.83. The number of aromatic nitrogens is 5. The first kappa shape index (κ1) is 24.5. The van der Waals surface area contributed by atoms with Crippen molar-refractivity contribution >= 4 is 23.1 Å². The Morgan fingerprint density at radius 1 is 1.18 bits per heavy atom. The molecule has 0 aromatic carbocycles. The minimum atomic E-state index is 0.443. The molecule has 2 unspecified atom stereocenters. The standard InChI is InChI=1S/C28H28N10O/c1-31-11-20(8-29)24-17-38-28(21(9-30)13-34-38)27(35-24)19-4-5-25(32-12-19)36-15-22-7-23(16-36)37(22)14-18-3-6-26(39-2)33-10-18/h3-6,8,10-13,17,22-23H,7,14-16,29H2,1-2H3. The first-order chi connectivity index (χ1) is 19.1. The first-order valence-electron chi connectivity index (χ1n) is 12.7. The highest BCUT2D eigenvalue weighted by Gasteiger charge is 2.44. The number of aliphatic imine (C=N–C) groups is 1. The van der Waals surface area contributed by atoms with Gasteiger partial charge < -0.3 is 15.4 Å². The molecule has 11 nitrogen and oxygen atoms in total. The molecule has 3 fully saturated rings. The number of hydrogen-bond acceptors (Lipinski definition) is 10. The van der Waals surface area contributed by atoms with Gasteiger partial charge in [-0.3, -0.25) is 9.89 Å². The predicted octanol–water partition coefficient (Wildman–Crippen LogP) is 2.53. The SMILES string of the molecule is CN=CC(=CN)c1cn2ncc(C#N)c2c(-c2ccc(N3CC4CC(C3)N4Cc3ccc(OC)nc3)nc2)n1. The van der Waals surface area contributed by atoms with Gasteiger partial charge in [-0.25, -0.2) is 19.5 Å². The summed E-state index contributed by atoms with van der Waals surface area (Å²) in [6.45, 7) is 2.73. The van der Waals surface area contributed by atoms with Gasteiger partial charge in [-0.15, -0.1) is 0 Å². The van der Waals surface area contributed by atoms with E-state index in [1.165, 1.54) is 18.2 Å². The van der Waals surface area contributed by atoms with Crippen molar-refractivity contribution in [1.82, 2.24) is 29.5 Å². The summed E-state index contributed by atoms with van der Waals surface area (Å²) in [6, 6.07) is 11.2. The highest BCUT2D eigenvalue weighted by molar-refractivity contribution is 6.09. The predicted molar refractivity (Wildman–Crippen MR) is 148 cm³/mol. The van der Waals surface area contributed by atoms with Gasteiger partial charge in [0.25, 0.3) is 0 Å². The summed E-state index contributed by atoms with van der Waals surface area (Å²) in [5.74, 6) is 1.56. The van der Waals surface area contributed by atoms with Crippen LogP contribution in [0, 0.1) is 11.3 Å². The Labute approximate surface area is 225 Å². The molecular formula is C28H28N10O. The lowest BCUT2D eigenvalue weighted by Crippen LogP contribution is -2.68. The molecule has 3 aliphatic heterocycles. The number of allylic oxidation sites excluding steroid dienone is 1. The molecule has 2 bridgehead atoms. The lowest BCUT2D eigenvalue weighted by Gasteiger charge is -2.56. The number of nitrogens with two attached hydrogens (primary N) is 1. The topological polar surface area (TPSA) is 134 Å². The Morgan fingerprint density at radius 2 is 2.03 bits per heavy atom. The zero-order valence-corrected chi connectivity index (χ0v) is 21.8. The number of methoxy groups -OCH3 is 1. The molecule has 2 atom stereocenters. The number of nitrogens with zero attached hydrogens (tertiary/aromatic N) is 9. The van der Waals surface area contributed by atoms with Crippen LogP contribution in [0.25, 0.3) is 22.3 Å². The summed E-state index contributed by atoms with van der Waals surface area (Å²) in [4.78, 5) is 22.9. The summed E-state index contributed by atoms with van der Waals surface area (Å²) in [5.41, 5.74) is 10.8. The molecule has 0 spiro atoms. The summed E-state index contributed by atoms with van der Waals surface area (Å²) in [7, 11) is 3.30. The van der Waals surface area contributed by atoms with E-state index in [-0.39, 0.29) is 0 Å². The number of rotatable bonds is 7. The van der Waals surface area contributed by atoms with Crippen molar-refractivity contribution in [3.05, 3.63) is 72.1 Å². The van der Waals surface area contributed by atoms with Gasteiger partial charge in [0.2, 0.25) is 5.88 Å². The monoisotopic (exact) mass is 520 g/mol. The molecule has 4 aromatic heterocycles. The highest BCUT2D eigenvalue weighted by atomic mass is 16.5. The molecule has 7 rings (SSSR count). The number of fused-ring (bicyclic) bond motifs is 3. The number of piperazine rings is 1. The van der Waals surface area contributed by atoms with Gasteiger partial charge in [0.15, 0.2) is 0 Å². The zero-order valence-electron chi connectivity index (χ0n) is 21.8. The number of piperidine rings is 1. The number of nitriles is 1. The molecule has 0 amide bonds. The maximum absolute atomic E-state index is 9.67. The van der Waals surface area contributed by atoms with Crippen molar-refractivity contribution in [2.75, 3.05) is 32.1 Å². The van der Waals surface area contributed by atoms with E-state index in [2.05, 4.69) is 37.0 Å². The molecule has 4 aromatic rings. The van der Waals surface area contributed by atoms with Crippen LogP contribution in [0.1, 0.15) is 23.2 Å². The lowest BCUT2D eigenvalue weighted by molar-refractivity contribution is -0.00876. The van der Waals surface area contributed by atoms with E-state index < -0.39 is 0 Å². The quantitative estimate of drug-likeness (QED) is 0.365. The Balaban J connectivity index is 1.23. The van der Waals surface area contributed by atoms with Crippen molar-refractivity contribution in [1.29, 1.82) is 5.26 Å². The molecule has 0 radical (unpaired) electrons. The normalized spacial score (nSPS) is 19.3. The minimum Gasteiger partial charge on any atom is -0.481 e. The second-order valence-corrected chi connectivity index (χ2v) is 9.68. The van der Waals surface area contributed by atoms with Crippen LogP contribution in [0.2, 0.25) is 0 Å². The molecule has 39 heavy (non-hydrogen) atoms. The van der Waals surface area contributed by atoms with Gasteiger partial charge in [-0.05, 0) is 24.1 Å². The van der Waals surface area contributed by atoms with Crippen LogP contribution in [-0.4, -0.2) is 75.0 Å². The van der Waals surface area contributed by atoms with E-state index in [9.17, 15) is 5.26 Å². The van der Waals surface area contributed by atoms with Gasteiger partial charge in [0.1, 0.15) is 23.0 Å². The molecule has 11 heteroatoms. The first-order valence-corrected chi connectivity index (χ1v) is 12.7. The smallest absolute Gasteiger partial charge is 0.212 e. The molecule has 7 heterocycles. The maximum Gasteiger partial charge on any atom is 0.212 e. The Hall–Kier alpha value is -4.82. The van der Waals surface area contributed by atoms with E-state index in [1.54, 1.807) is 37.3 Å². The minimum absolute atomic E-state index is 0.443. The number of hydrogen-bond donors (Lipinski definition) is 1. The molecule has 0 aliphatic carbocycles. The van der Waals surface area contributed by atoms with Crippen molar-refractivity contribution < 1.29 is 4.74 Å². The van der Waals surface area contributed by atoms with Gasteiger partial charge in [-0.1, -0.05) is 6.07 Å². The van der Waals surface area contributed by atoms with Gasteiger partial charge in [-0.2, -0.15) is 10.4 Å². The van der Waals surface area contributed by atoms with Crippen molar-refractivity contribution in [3.8, 4) is 23.2 Å². The Kier molecular flexibility index (Phi) is 6.38. The van der Waals surface area contributed by atoms with E-state index in [0.717, 1.165) is 31.0 Å². The van der Waals surface area contributed by atoms with Crippen LogP contribution in [-0.2, 0) is 6.54 Å². The molecular weight excluding hydrogens is 492 g/mol. The van der Waals surface area contributed by atoms with E-state index in [4.69, 9.17) is 20.4 Å². The lowest BCUT2D eigenvalue weighted by atomic mass is 9.87. The van der Waals surface area contributed by atoms with Crippen molar-refractivity contribution in [2.45, 2.75) is 25.0 Å². The fourth-order valence-electron chi connectivity index (χ4n) is 5.45. The summed E-state index contributed by atoms with van der Waals surface area (Å²) in [5, 5.41) is 14.0. The average Bonchev–Trinajstić information content (AvgIpc) is 3.42. The zero-order chi connectivity index (χ0) is 26.9. The number of anilines is 1. The Bertz CT molecular complexity index is 1590. The van der Waals surface area contributed by atoms with E-state index in [1.807, 2.05) is 30.6 Å². The maximum atomic E-state index is 9.67. The third kappa shape index (κ3) is 4.45. The number of pyridine rings is 2. The number of ether oxygens (including phenoxy) is 1. The van der Waals surface area contributed by atoms with Crippen molar-refractivity contribution in [2.24, 2.45) is 10.7 Å². The molecule has 2 N–H and O–H groups in total. The van der Waals surface area contributed by atoms with Crippen LogP contribution in [0.4, 0.5) is 5.82 Å². The second-order valence-electron chi connectivity index (χ2n) is 9.68. The van der Waals surface area contributed by atoms with Crippen LogP contribution in [0.5, 0.6) is 5.88 Å². The third-order valence-electron chi connectivity index (χ3n) is 7.42. The van der Waals surface area contributed by atoms with Gasteiger partial charge in [0, 0.05) is 80.8 Å². The second kappa shape index (κ2) is 10.2. The van der Waals surface area contributed by atoms with E-state index >= 15 is 0 Å². The average molecular weight is 521 g/mol. The van der Waals surface area contributed by atoms with E-state index in [0.29, 0.717) is 46.0 Å². The molecule has 3 saturated heterocycles. The highest BCUT2D eigenvalue weighted by Crippen LogP contribution is 2.36. The van der Waals surface area contributed by atoms with Crippen molar-refractivity contribution in [3.63, 3.8) is 0 Å². The van der Waals surface area contributed by atoms with Crippen LogP contribution < -0.4 is 15.4 Å².